The van der Waals surface area contributed by atoms with Crippen molar-refractivity contribution in [2.45, 2.75) is 38.5 Å². The van der Waals surface area contributed by atoms with Gasteiger partial charge in [0.05, 0.1) is 0 Å². The number of carbonyl (C=O) groups excluding carboxylic acids is 1. The highest BCUT2D eigenvalue weighted by Gasteiger charge is 2.26. The summed E-state index contributed by atoms with van der Waals surface area (Å²) in [5.41, 5.74) is 8.07. The molecule has 2 N–H and O–H groups in total. The maximum Gasteiger partial charge on any atom is 0.253 e. The third-order valence-corrected chi connectivity index (χ3v) is 5.11. The Hall–Kier alpha value is -0.710. The second-order valence-corrected chi connectivity index (χ2v) is 7.12. The largest absolute Gasteiger partial charge is 0.338 e. The number of halogens is 1. The van der Waals surface area contributed by atoms with E-state index in [1.165, 1.54) is 5.56 Å². The lowest BCUT2D eigenvalue weighted by atomic mass is 9.92. The molecule has 0 spiro atoms. The second kappa shape index (κ2) is 9.43. The van der Waals surface area contributed by atoms with Crippen LogP contribution in [0.25, 0.3) is 0 Å². The zero-order valence-electron chi connectivity index (χ0n) is 13.5. The molecule has 2 unspecified atom stereocenters. The first kappa shape index (κ1) is 19.3. The number of likely N-dealkylation sites (tertiary alicyclic amines) is 1. The van der Waals surface area contributed by atoms with Crippen LogP contribution in [0.1, 0.15) is 42.6 Å². The van der Waals surface area contributed by atoms with Gasteiger partial charge in [-0.1, -0.05) is 19.1 Å². The fraction of sp³-hybridized carbons (Fsp3) is 0.588. The van der Waals surface area contributed by atoms with Gasteiger partial charge in [0, 0.05) is 30.4 Å². The van der Waals surface area contributed by atoms with Gasteiger partial charge >= 0.3 is 0 Å². The molecular formula is C17H27ClN2OS. The molecule has 1 aliphatic rings. The molecule has 22 heavy (non-hydrogen) atoms. The summed E-state index contributed by atoms with van der Waals surface area (Å²) in [7, 11) is 0. The van der Waals surface area contributed by atoms with Crippen molar-refractivity contribution in [1.82, 2.24) is 4.90 Å². The monoisotopic (exact) mass is 342 g/mol. The van der Waals surface area contributed by atoms with Crippen molar-refractivity contribution in [1.29, 1.82) is 0 Å². The van der Waals surface area contributed by atoms with Gasteiger partial charge in [-0.15, -0.1) is 12.4 Å². The average Bonchev–Trinajstić information content (AvgIpc) is 2.53. The number of carbonyl (C=O) groups is 1. The second-order valence-electron chi connectivity index (χ2n) is 5.85. The first-order chi connectivity index (χ1) is 10.1. The quantitative estimate of drug-likeness (QED) is 0.889. The molecule has 2 rings (SSSR count). The number of thioether (sulfide) groups is 1. The van der Waals surface area contributed by atoms with Gasteiger partial charge in [-0.2, -0.15) is 11.8 Å². The van der Waals surface area contributed by atoms with Gasteiger partial charge in [-0.3, -0.25) is 4.79 Å². The summed E-state index contributed by atoms with van der Waals surface area (Å²) in [5, 5.41) is 0. The number of nitrogens with two attached hydrogens (primary N) is 1. The van der Waals surface area contributed by atoms with Gasteiger partial charge in [0.15, 0.2) is 0 Å². The van der Waals surface area contributed by atoms with E-state index in [2.05, 4.69) is 19.1 Å². The predicted molar refractivity (Wildman–Crippen MR) is 97.8 cm³/mol. The molecule has 0 aromatic heterocycles. The fourth-order valence-corrected chi connectivity index (χ4v) is 3.40. The van der Waals surface area contributed by atoms with E-state index >= 15 is 0 Å². The lowest BCUT2D eigenvalue weighted by Crippen LogP contribution is -2.45. The average molecular weight is 343 g/mol. The number of piperidine rings is 1. The molecule has 1 amide bonds. The highest BCUT2D eigenvalue weighted by atomic mass is 35.5. The van der Waals surface area contributed by atoms with Crippen LogP contribution < -0.4 is 5.73 Å². The maximum absolute atomic E-state index is 12.6. The van der Waals surface area contributed by atoms with Gasteiger partial charge in [0.25, 0.3) is 5.91 Å². The van der Waals surface area contributed by atoms with Crippen LogP contribution in [-0.4, -0.2) is 35.7 Å². The summed E-state index contributed by atoms with van der Waals surface area (Å²) in [4.78, 5) is 14.5. The zero-order chi connectivity index (χ0) is 15.2. The molecule has 0 radical (unpaired) electrons. The van der Waals surface area contributed by atoms with E-state index in [1.807, 2.05) is 35.7 Å². The molecule has 0 aliphatic carbocycles. The Labute approximate surface area is 144 Å². The Balaban J connectivity index is 0.00000242. The van der Waals surface area contributed by atoms with Crippen molar-refractivity contribution in [2.24, 2.45) is 11.7 Å². The van der Waals surface area contributed by atoms with E-state index in [-0.39, 0.29) is 24.4 Å². The Bertz CT molecular complexity index is 464. The molecule has 1 aromatic rings. The molecule has 1 fully saturated rings. The van der Waals surface area contributed by atoms with Crippen LogP contribution in [-0.2, 0) is 5.75 Å². The van der Waals surface area contributed by atoms with Crippen molar-refractivity contribution in [2.75, 3.05) is 18.8 Å². The lowest BCUT2D eigenvalue weighted by Gasteiger charge is -2.34. The van der Waals surface area contributed by atoms with Crippen LogP contribution in [0.2, 0.25) is 0 Å². The standard InChI is InChI=1S/C17H26N2OS.ClH/c1-3-21-12-14-6-8-15(9-7-14)17(20)19-10-4-5-16(11-19)13(2)18;/h6-9,13,16H,3-5,10-12,18H2,1-2H3;1H. The van der Waals surface area contributed by atoms with Crippen LogP contribution in [0.5, 0.6) is 0 Å². The van der Waals surface area contributed by atoms with Gasteiger partial charge < -0.3 is 10.6 Å². The highest BCUT2D eigenvalue weighted by molar-refractivity contribution is 7.98. The Kier molecular flexibility index (Phi) is 8.29. The van der Waals surface area contributed by atoms with E-state index in [4.69, 9.17) is 5.73 Å². The molecule has 124 valence electrons. The van der Waals surface area contributed by atoms with Crippen LogP contribution in [0, 0.1) is 5.92 Å². The van der Waals surface area contributed by atoms with E-state index in [9.17, 15) is 4.79 Å². The van der Waals surface area contributed by atoms with Crippen LogP contribution >= 0.6 is 24.2 Å². The van der Waals surface area contributed by atoms with Gasteiger partial charge in [0.1, 0.15) is 0 Å². The molecule has 5 heteroatoms. The maximum atomic E-state index is 12.6. The van der Waals surface area contributed by atoms with Crippen molar-refractivity contribution in [3.8, 4) is 0 Å². The Morgan fingerprint density at radius 3 is 2.68 bits per heavy atom. The highest BCUT2D eigenvalue weighted by Crippen LogP contribution is 2.21. The SMILES string of the molecule is CCSCc1ccc(C(=O)N2CCCC(C(C)N)C2)cc1.Cl. The number of benzene rings is 1. The number of hydrogen-bond acceptors (Lipinski definition) is 3. The molecule has 1 heterocycles. The van der Waals surface area contributed by atoms with Crippen molar-refractivity contribution < 1.29 is 4.79 Å². The van der Waals surface area contributed by atoms with E-state index in [0.717, 1.165) is 43.0 Å². The smallest absolute Gasteiger partial charge is 0.253 e. The summed E-state index contributed by atoms with van der Waals surface area (Å²) in [6, 6.07) is 8.23. The number of hydrogen-bond donors (Lipinski definition) is 1. The van der Waals surface area contributed by atoms with Crippen LogP contribution in [0.4, 0.5) is 0 Å². The van der Waals surface area contributed by atoms with E-state index < -0.39 is 0 Å². The van der Waals surface area contributed by atoms with E-state index in [0.29, 0.717) is 5.92 Å². The lowest BCUT2D eigenvalue weighted by molar-refractivity contribution is 0.0661. The first-order valence-corrected chi connectivity index (χ1v) is 8.98. The molecule has 1 aromatic carbocycles. The molecular weight excluding hydrogens is 316 g/mol. The molecule has 2 atom stereocenters. The predicted octanol–water partition coefficient (Wildman–Crippen LogP) is 3.56. The normalized spacial score (nSPS) is 19.4. The summed E-state index contributed by atoms with van der Waals surface area (Å²) >= 11 is 1.90. The number of rotatable bonds is 5. The Morgan fingerprint density at radius 1 is 1.41 bits per heavy atom. The molecule has 0 bridgehead atoms. The number of nitrogens with zero attached hydrogens (tertiary/aromatic N) is 1. The van der Waals surface area contributed by atoms with Crippen molar-refractivity contribution >= 4 is 30.1 Å². The van der Waals surface area contributed by atoms with Crippen molar-refractivity contribution in [3.05, 3.63) is 35.4 Å². The first-order valence-electron chi connectivity index (χ1n) is 7.83. The topological polar surface area (TPSA) is 46.3 Å². The van der Waals surface area contributed by atoms with E-state index in [1.54, 1.807) is 0 Å². The summed E-state index contributed by atoms with van der Waals surface area (Å²) < 4.78 is 0. The van der Waals surface area contributed by atoms with Crippen LogP contribution in [0.3, 0.4) is 0 Å². The minimum Gasteiger partial charge on any atom is -0.338 e. The zero-order valence-corrected chi connectivity index (χ0v) is 15.1. The summed E-state index contributed by atoms with van der Waals surface area (Å²) in [5.74, 6) is 2.71. The third kappa shape index (κ3) is 5.18. The number of amides is 1. The Morgan fingerprint density at radius 2 is 2.09 bits per heavy atom. The summed E-state index contributed by atoms with van der Waals surface area (Å²) in [6.07, 6.45) is 2.19. The van der Waals surface area contributed by atoms with Gasteiger partial charge in [-0.25, -0.2) is 0 Å². The molecule has 1 saturated heterocycles. The van der Waals surface area contributed by atoms with Crippen LogP contribution in [0.15, 0.2) is 24.3 Å². The fourth-order valence-electron chi connectivity index (χ4n) is 2.77. The van der Waals surface area contributed by atoms with Gasteiger partial charge in [-0.05, 0) is 49.1 Å². The summed E-state index contributed by atoms with van der Waals surface area (Å²) in [6.45, 7) is 5.85. The molecule has 0 saturated carbocycles. The third-order valence-electron chi connectivity index (χ3n) is 4.16. The molecule has 3 nitrogen and oxygen atoms in total. The van der Waals surface area contributed by atoms with Crippen molar-refractivity contribution in [3.63, 3.8) is 0 Å². The minimum atomic E-state index is 0. The van der Waals surface area contributed by atoms with Gasteiger partial charge in [0.2, 0.25) is 0 Å². The molecule has 1 aliphatic heterocycles. The minimum absolute atomic E-state index is 0.